The highest BCUT2D eigenvalue weighted by Gasteiger charge is 2.47. The van der Waals surface area contributed by atoms with Crippen molar-refractivity contribution < 1.29 is 38.8 Å². The van der Waals surface area contributed by atoms with E-state index >= 15 is 0 Å². The summed E-state index contributed by atoms with van der Waals surface area (Å²) in [7, 11) is 1.67. The number of aliphatic hydroxyl groups excluding tert-OH is 1. The van der Waals surface area contributed by atoms with Crippen molar-refractivity contribution in [3.63, 3.8) is 0 Å². The summed E-state index contributed by atoms with van der Waals surface area (Å²) in [5, 5.41) is 20.2. The summed E-state index contributed by atoms with van der Waals surface area (Å²) in [6, 6.07) is 15.5. The fourth-order valence-corrected chi connectivity index (χ4v) is 5.06. The minimum absolute atomic E-state index is 0.00628. The number of para-hydroxylation sites is 1. The van der Waals surface area contributed by atoms with Crippen molar-refractivity contribution in [1.29, 1.82) is 0 Å². The molecule has 1 heterocycles. The molecule has 1 saturated heterocycles. The van der Waals surface area contributed by atoms with Crippen molar-refractivity contribution in [1.82, 2.24) is 5.06 Å². The van der Waals surface area contributed by atoms with Crippen LogP contribution in [-0.4, -0.2) is 80.3 Å². The molecule has 3 rings (SSSR count). The van der Waals surface area contributed by atoms with Gasteiger partial charge in [0.2, 0.25) is 0 Å². The Labute approximate surface area is 225 Å². The van der Waals surface area contributed by atoms with E-state index < -0.39 is 6.16 Å². The molecule has 0 aromatic heterocycles. The predicted octanol–water partition coefficient (Wildman–Crippen LogP) is 4.52. The largest absolute Gasteiger partial charge is 0.525 e. The predicted molar refractivity (Wildman–Crippen MR) is 143 cm³/mol. The number of benzene rings is 2. The first-order chi connectivity index (χ1) is 18.2. The van der Waals surface area contributed by atoms with Gasteiger partial charge in [-0.2, -0.15) is 0 Å². The molecule has 210 valence electrons. The highest BCUT2D eigenvalue weighted by atomic mass is 16.8. The van der Waals surface area contributed by atoms with Gasteiger partial charge < -0.3 is 34.0 Å². The van der Waals surface area contributed by atoms with Gasteiger partial charge in [-0.1, -0.05) is 51.1 Å². The second kappa shape index (κ2) is 14.3. The third kappa shape index (κ3) is 8.33. The lowest BCUT2D eigenvalue weighted by Crippen LogP contribution is -2.58. The van der Waals surface area contributed by atoms with E-state index in [-0.39, 0.29) is 36.7 Å². The maximum atomic E-state index is 11.3. The average Bonchev–Trinajstić information content (AvgIpc) is 2.89. The first-order valence-electron chi connectivity index (χ1n) is 13.1. The minimum atomic E-state index is -1.34. The number of nitrogens with zero attached hydrogens (tertiary/aromatic N) is 1. The van der Waals surface area contributed by atoms with E-state index in [0.29, 0.717) is 32.8 Å². The molecule has 1 aliphatic heterocycles. The normalized spacial score (nSPS) is 20.2. The molecule has 1 aliphatic rings. The summed E-state index contributed by atoms with van der Waals surface area (Å²) in [6.07, 6.45) is -0.289. The van der Waals surface area contributed by atoms with Crippen LogP contribution in [0.1, 0.15) is 44.2 Å². The average molecular weight is 532 g/mol. The molecule has 2 N–H and O–H groups in total. The number of aliphatic hydroxyl groups is 1. The second-order valence-electron chi connectivity index (χ2n) is 10.4. The van der Waals surface area contributed by atoms with Gasteiger partial charge in [-0.15, -0.1) is 5.06 Å². The standard InChI is InChI=1S/C29H41NO8/c1-29(2,3)27-26(37-18-16-31)24(13-15-30(27)38-28(32)33)21-9-11-23(12-10-21)36-20-19-35-17-14-22-7-5-6-8-25(22)34-4/h5-12,24,26-27,31H,13-20H2,1-4H3,(H,32,33). The van der Waals surface area contributed by atoms with E-state index in [0.717, 1.165) is 29.0 Å². The van der Waals surface area contributed by atoms with Crippen LogP contribution in [0.5, 0.6) is 11.5 Å². The van der Waals surface area contributed by atoms with E-state index in [1.807, 2.05) is 69.3 Å². The van der Waals surface area contributed by atoms with Crippen LogP contribution in [0.3, 0.4) is 0 Å². The van der Waals surface area contributed by atoms with Gasteiger partial charge in [-0.3, -0.25) is 0 Å². The van der Waals surface area contributed by atoms with Crippen LogP contribution in [0.4, 0.5) is 4.79 Å². The summed E-state index contributed by atoms with van der Waals surface area (Å²) in [4.78, 5) is 16.4. The number of carboxylic acid groups (broad SMARTS) is 1. The second-order valence-corrected chi connectivity index (χ2v) is 10.4. The van der Waals surface area contributed by atoms with Gasteiger partial charge in [0.15, 0.2) is 0 Å². The van der Waals surface area contributed by atoms with Crippen LogP contribution < -0.4 is 9.47 Å². The van der Waals surface area contributed by atoms with Gasteiger partial charge in [-0.25, -0.2) is 4.79 Å². The number of piperidine rings is 1. The Kier molecular flexibility index (Phi) is 11.2. The zero-order valence-corrected chi connectivity index (χ0v) is 22.8. The Morgan fingerprint density at radius 1 is 1.03 bits per heavy atom. The Morgan fingerprint density at radius 3 is 2.42 bits per heavy atom. The number of hydroxylamine groups is 2. The molecule has 38 heavy (non-hydrogen) atoms. The van der Waals surface area contributed by atoms with Crippen LogP contribution in [0.25, 0.3) is 0 Å². The van der Waals surface area contributed by atoms with Crippen LogP contribution in [0.15, 0.2) is 48.5 Å². The molecule has 3 unspecified atom stereocenters. The van der Waals surface area contributed by atoms with Crippen LogP contribution in [0.2, 0.25) is 0 Å². The minimum Gasteiger partial charge on any atom is -0.496 e. The fraction of sp³-hybridized carbons (Fsp3) is 0.552. The molecule has 3 atom stereocenters. The maximum absolute atomic E-state index is 11.3. The third-order valence-electron chi connectivity index (χ3n) is 6.68. The number of rotatable bonds is 13. The molecule has 1 fully saturated rings. The molecule has 9 heteroatoms. The smallest absolute Gasteiger partial charge is 0.496 e. The SMILES string of the molecule is COc1ccccc1CCOCCOc1ccc(C2CCN(OC(=O)O)C(C(C)(C)C)C2OCCO)cc1. The van der Waals surface area contributed by atoms with E-state index in [2.05, 4.69) is 0 Å². The zero-order valence-electron chi connectivity index (χ0n) is 22.8. The molecule has 9 nitrogen and oxygen atoms in total. The third-order valence-corrected chi connectivity index (χ3v) is 6.68. The Morgan fingerprint density at radius 2 is 1.76 bits per heavy atom. The lowest BCUT2D eigenvalue weighted by Gasteiger charge is -2.48. The van der Waals surface area contributed by atoms with Crippen LogP contribution in [0, 0.1) is 5.41 Å². The summed E-state index contributed by atoms with van der Waals surface area (Å²) in [5.41, 5.74) is 1.85. The van der Waals surface area contributed by atoms with Gasteiger partial charge in [0, 0.05) is 12.5 Å². The van der Waals surface area contributed by atoms with E-state index in [4.69, 9.17) is 23.8 Å². The highest BCUT2D eigenvalue weighted by molar-refractivity contribution is 5.56. The number of hydrogen-bond acceptors (Lipinski definition) is 8. The van der Waals surface area contributed by atoms with Crippen LogP contribution in [-0.2, 0) is 20.7 Å². The van der Waals surface area contributed by atoms with Gasteiger partial charge in [0.1, 0.15) is 18.1 Å². The van der Waals surface area contributed by atoms with Gasteiger partial charge >= 0.3 is 6.16 Å². The number of carbonyl (C=O) groups is 1. The van der Waals surface area contributed by atoms with Crippen molar-refractivity contribution in [2.45, 2.75) is 51.7 Å². The van der Waals surface area contributed by atoms with E-state index in [9.17, 15) is 15.0 Å². The van der Waals surface area contributed by atoms with Crippen molar-refractivity contribution >= 4 is 6.16 Å². The highest BCUT2D eigenvalue weighted by Crippen LogP contribution is 2.41. The molecular weight excluding hydrogens is 490 g/mol. The molecule has 0 saturated carbocycles. The van der Waals surface area contributed by atoms with E-state index in [1.54, 1.807) is 7.11 Å². The van der Waals surface area contributed by atoms with Crippen molar-refractivity contribution in [2.24, 2.45) is 5.41 Å². The fourth-order valence-electron chi connectivity index (χ4n) is 5.06. The van der Waals surface area contributed by atoms with Gasteiger partial charge in [-0.05, 0) is 47.6 Å². The topological polar surface area (TPSA) is 107 Å². The molecule has 0 bridgehead atoms. The maximum Gasteiger partial charge on any atom is 0.525 e. The quantitative estimate of drug-likeness (QED) is 0.361. The number of ether oxygens (including phenoxy) is 4. The first kappa shape index (κ1) is 29.7. The molecule has 0 spiro atoms. The first-order valence-corrected chi connectivity index (χ1v) is 13.1. The Bertz CT molecular complexity index is 991. The molecule has 2 aromatic carbocycles. The summed E-state index contributed by atoms with van der Waals surface area (Å²) < 4.78 is 23.1. The van der Waals surface area contributed by atoms with Gasteiger partial charge in [0.05, 0.1) is 45.7 Å². The zero-order chi connectivity index (χ0) is 27.5. The summed E-state index contributed by atoms with van der Waals surface area (Å²) in [5.74, 6) is 1.62. The van der Waals surface area contributed by atoms with Gasteiger partial charge in [0.25, 0.3) is 0 Å². The molecule has 0 amide bonds. The molecule has 2 aromatic rings. The number of hydrogen-bond donors (Lipinski definition) is 2. The lowest BCUT2D eigenvalue weighted by molar-refractivity contribution is -0.224. The van der Waals surface area contributed by atoms with Crippen molar-refractivity contribution in [3.05, 3.63) is 59.7 Å². The van der Waals surface area contributed by atoms with Crippen molar-refractivity contribution in [3.8, 4) is 11.5 Å². The molecule has 0 radical (unpaired) electrons. The van der Waals surface area contributed by atoms with Crippen LogP contribution >= 0.6 is 0 Å². The monoisotopic (exact) mass is 531 g/mol. The van der Waals surface area contributed by atoms with Crippen molar-refractivity contribution in [2.75, 3.05) is 46.7 Å². The number of methoxy groups -OCH3 is 1. The molecular formula is C29H41NO8. The lowest BCUT2D eigenvalue weighted by atomic mass is 9.73. The molecule has 0 aliphatic carbocycles. The summed E-state index contributed by atoms with van der Waals surface area (Å²) in [6.45, 7) is 8.07. The summed E-state index contributed by atoms with van der Waals surface area (Å²) >= 11 is 0. The Balaban J connectivity index is 1.56. The van der Waals surface area contributed by atoms with E-state index in [1.165, 1.54) is 5.06 Å². The Hall–Kier alpha value is -2.85.